The summed E-state index contributed by atoms with van der Waals surface area (Å²) in [6, 6.07) is 0. The molecule has 1 rings (SSSR count). The zero-order valence-corrected chi connectivity index (χ0v) is 6.76. The summed E-state index contributed by atoms with van der Waals surface area (Å²) in [5, 5.41) is 3.28. The molecule has 2 heteroatoms. The van der Waals surface area contributed by atoms with Crippen molar-refractivity contribution in [3.63, 3.8) is 0 Å². The Hall–Kier alpha value is -0.0800. The summed E-state index contributed by atoms with van der Waals surface area (Å²) in [5.41, 5.74) is 0. The minimum Gasteiger partial charge on any atom is -0.374 e. The molecule has 0 aromatic heterocycles. The van der Waals surface area contributed by atoms with Gasteiger partial charge in [-0.2, -0.15) is 0 Å². The van der Waals surface area contributed by atoms with Crippen LogP contribution in [0, 0.1) is 6.42 Å². The molecule has 0 amide bonds. The maximum Gasteiger partial charge on any atom is 0.0735 e. The molecule has 1 heterocycles. The van der Waals surface area contributed by atoms with E-state index < -0.39 is 0 Å². The van der Waals surface area contributed by atoms with Crippen LogP contribution < -0.4 is 5.32 Å². The van der Waals surface area contributed by atoms with Gasteiger partial charge in [0.2, 0.25) is 0 Å². The standard InChI is InChI=1S/C8H16NO/c1-7(2)10-8-4-3-5-9-6-8/h4,7-9H,3,5-6H2,1-2H3. The number of hydrogen-bond donors (Lipinski definition) is 1. The van der Waals surface area contributed by atoms with Gasteiger partial charge in [0.25, 0.3) is 0 Å². The summed E-state index contributed by atoms with van der Waals surface area (Å²) < 4.78 is 5.57. The topological polar surface area (TPSA) is 21.3 Å². The summed E-state index contributed by atoms with van der Waals surface area (Å²) in [7, 11) is 0. The Labute approximate surface area is 63.0 Å². The molecule has 0 aliphatic carbocycles. The molecule has 1 N–H and O–H groups in total. The highest BCUT2D eigenvalue weighted by molar-refractivity contribution is 4.84. The zero-order chi connectivity index (χ0) is 7.40. The van der Waals surface area contributed by atoms with Crippen LogP contribution in [0.25, 0.3) is 0 Å². The molecule has 0 aromatic carbocycles. The minimum absolute atomic E-state index is 0.341. The lowest BCUT2D eigenvalue weighted by molar-refractivity contribution is 0.0201. The summed E-state index contributed by atoms with van der Waals surface area (Å²) >= 11 is 0. The van der Waals surface area contributed by atoms with Crippen LogP contribution in [0.2, 0.25) is 0 Å². The molecule has 59 valence electrons. The van der Waals surface area contributed by atoms with E-state index in [1.54, 1.807) is 0 Å². The average Bonchev–Trinajstić information content (AvgIpc) is 1.88. The first-order valence-corrected chi connectivity index (χ1v) is 3.98. The molecule has 1 aliphatic heterocycles. The van der Waals surface area contributed by atoms with Crippen molar-refractivity contribution >= 4 is 0 Å². The molecule has 0 spiro atoms. The van der Waals surface area contributed by atoms with Gasteiger partial charge in [0.15, 0.2) is 0 Å². The van der Waals surface area contributed by atoms with Crippen LogP contribution in [-0.2, 0) is 4.74 Å². The molecule has 1 saturated heterocycles. The van der Waals surface area contributed by atoms with Crippen molar-refractivity contribution in [3.8, 4) is 0 Å². The van der Waals surface area contributed by atoms with E-state index in [1.165, 1.54) is 0 Å². The lowest BCUT2D eigenvalue weighted by Gasteiger charge is -2.24. The zero-order valence-electron chi connectivity index (χ0n) is 6.76. The molecule has 0 saturated carbocycles. The van der Waals surface area contributed by atoms with Crippen LogP contribution >= 0.6 is 0 Å². The molecule has 1 fully saturated rings. The maximum absolute atomic E-state index is 5.57. The Balaban J connectivity index is 2.13. The van der Waals surface area contributed by atoms with Gasteiger partial charge < -0.3 is 10.1 Å². The lowest BCUT2D eigenvalue weighted by atomic mass is 10.1. The highest BCUT2D eigenvalue weighted by Crippen LogP contribution is 2.06. The minimum atomic E-state index is 0.341. The van der Waals surface area contributed by atoms with E-state index in [-0.39, 0.29) is 0 Å². The third-order valence-corrected chi connectivity index (χ3v) is 1.54. The van der Waals surface area contributed by atoms with Gasteiger partial charge >= 0.3 is 0 Å². The van der Waals surface area contributed by atoms with Gasteiger partial charge in [-0.3, -0.25) is 0 Å². The van der Waals surface area contributed by atoms with Gasteiger partial charge in [0.1, 0.15) is 0 Å². The molecule has 0 bridgehead atoms. The van der Waals surface area contributed by atoms with Crippen molar-refractivity contribution in [1.29, 1.82) is 0 Å². The fourth-order valence-corrected chi connectivity index (χ4v) is 1.15. The number of ether oxygens (including phenoxy) is 1. The van der Waals surface area contributed by atoms with E-state index in [1.807, 2.05) is 0 Å². The second-order valence-corrected chi connectivity index (χ2v) is 2.95. The summed E-state index contributed by atoms with van der Waals surface area (Å²) in [5.74, 6) is 0. The van der Waals surface area contributed by atoms with Crippen molar-refractivity contribution in [2.45, 2.75) is 32.5 Å². The predicted molar refractivity (Wildman–Crippen MR) is 41.8 cm³/mol. The van der Waals surface area contributed by atoms with Crippen LogP contribution in [0.1, 0.15) is 20.3 Å². The third kappa shape index (κ3) is 2.67. The lowest BCUT2D eigenvalue weighted by Crippen LogP contribution is -2.37. The normalized spacial score (nSPS) is 27.3. The first kappa shape index (κ1) is 8.02. The van der Waals surface area contributed by atoms with Crippen LogP contribution in [0.3, 0.4) is 0 Å². The van der Waals surface area contributed by atoms with Gasteiger partial charge in [-0.1, -0.05) is 0 Å². The van der Waals surface area contributed by atoms with E-state index >= 15 is 0 Å². The monoisotopic (exact) mass is 142 g/mol. The Morgan fingerprint density at radius 2 is 2.40 bits per heavy atom. The second kappa shape index (κ2) is 3.94. The second-order valence-electron chi connectivity index (χ2n) is 2.95. The van der Waals surface area contributed by atoms with Crippen molar-refractivity contribution in [2.75, 3.05) is 13.1 Å². The molecule has 1 aliphatic rings. The van der Waals surface area contributed by atoms with Crippen molar-refractivity contribution in [3.05, 3.63) is 6.42 Å². The Morgan fingerprint density at radius 1 is 1.60 bits per heavy atom. The Kier molecular flexibility index (Phi) is 3.16. The molecular weight excluding hydrogens is 126 g/mol. The smallest absolute Gasteiger partial charge is 0.0735 e. The van der Waals surface area contributed by atoms with Crippen molar-refractivity contribution in [2.24, 2.45) is 0 Å². The van der Waals surface area contributed by atoms with E-state index in [4.69, 9.17) is 4.74 Å². The van der Waals surface area contributed by atoms with Crippen LogP contribution in [-0.4, -0.2) is 25.3 Å². The quantitative estimate of drug-likeness (QED) is 0.620. The number of nitrogens with one attached hydrogen (secondary N) is 1. The van der Waals surface area contributed by atoms with E-state index in [2.05, 4.69) is 25.6 Å². The highest BCUT2D eigenvalue weighted by Gasteiger charge is 2.13. The molecule has 1 atom stereocenters. The number of rotatable bonds is 2. The van der Waals surface area contributed by atoms with Gasteiger partial charge in [-0.15, -0.1) is 0 Å². The predicted octanol–water partition coefficient (Wildman–Crippen LogP) is 0.978. The molecule has 2 nitrogen and oxygen atoms in total. The van der Waals surface area contributed by atoms with Gasteiger partial charge in [0.05, 0.1) is 12.2 Å². The van der Waals surface area contributed by atoms with Crippen LogP contribution in [0.15, 0.2) is 0 Å². The largest absolute Gasteiger partial charge is 0.374 e. The Bertz CT molecular complexity index is 87.3. The van der Waals surface area contributed by atoms with Crippen molar-refractivity contribution in [1.82, 2.24) is 5.32 Å². The van der Waals surface area contributed by atoms with Crippen LogP contribution in [0.5, 0.6) is 0 Å². The van der Waals surface area contributed by atoms with E-state index in [9.17, 15) is 0 Å². The fourth-order valence-electron chi connectivity index (χ4n) is 1.15. The van der Waals surface area contributed by atoms with Crippen LogP contribution in [0.4, 0.5) is 0 Å². The molecule has 0 aromatic rings. The van der Waals surface area contributed by atoms with E-state index in [0.29, 0.717) is 12.2 Å². The molecule has 10 heavy (non-hydrogen) atoms. The first-order chi connectivity index (χ1) is 4.79. The molecule has 1 unspecified atom stereocenters. The third-order valence-electron chi connectivity index (χ3n) is 1.54. The SMILES string of the molecule is CC(C)OC1[CH]CCNC1. The maximum atomic E-state index is 5.57. The van der Waals surface area contributed by atoms with Crippen molar-refractivity contribution < 1.29 is 4.74 Å². The van der Waals surface area contributed by atoms with E-state index in [0.717, 1.165) is 19.5 Å². The van der Waals surface area contributed by atoms with Gasteiger partial charge in [0, 0.05) is 6.54 Å². The summed E-state index contributed by atoms with van der Waals surface area (Å²) in [4.78, 5) is 0. The number of hydrogen-bond acceptors (Lipinski definition) is 2. The average molecular weight is 142 g/mol. The highest BCUT2D eigenvalue weighted by atomic mass is 16.5. The fraction of sp³-hybridized carbons (Fsp3) is 0.875. The van der Waals surface area contributed by atoms with Gasteiger partial charge in [-0.25, -0.2) is 0 Å². The Morgan fingerprint density at radius 3 is 2.90 bits per heavy atom. The molecular formula is C8H16NO. The summed E-state index contributed by atoms with van der Waals surface area (Å²) in [6.07, 6.45) is 4.07. The summed E-state index contributed by atoms with van der Waals surface area (Å²) in [6.45, 7) is 6.24. The first-order valence-electron chi connectivity index (χ1n) is 3.98. The molecule has 1 radical (unpaired) electrons. The van der Waals surface area contributed by atoms with Gasteiger partial charge in [-0.05, 0) is 33.2 Å². The number of piperidine rings is 1.